The third-order valence-corrected chi connectivity index (χ3v) is 9.72. The second-order valence-electron chi connectivity index (χ2n) is 12.5. The van der Waals surface area contributed by atoms with Gasteiger partial charge in [-0.25, -0.2) is 0 Å². The highest BCUT2D eigenvalue weighted by Crippen LogP contribution is 2.45. The molecule has 1 nitrogen and oxygen atoms in total. The Bertz CT molecular complexity index is 3980. The summed E-state index contributed by atoms with van der Waals surface area (Å²) in [5.74, 6) is 0. The zero-order valence-corrected chi connectivity index (χ0v) is 26.6. The van der Waals surface area contributed by atoms with Gasteiger partial charge in [0.15, 0.2) is 0 Å². The predicted molar refractivity (Wildman–Crippen MR) is 218 cm³/mol. The van der Waals surface area contributed by atoms with Crippen molar-refractivity contribution in [3.8, 4) is 33.4 Å². The summed E-state index contributed by atoms with van der Waals surface area (Å²) in [4.78, 5) is 0. The Hall–Kier alpha value is -6.70. The fourth-order valence-electron chi connectivity index (χ4n) is 7.47. The monoisotopic (exact) mass is 661 g/mol. The molecule has 0 N–H and O–H groups in total. The first-order valence-corrected chi connectivity index (χ1v) is 16.4. The Morgan fingerprint density at radius 2 is 1.04 bits per heavy atom. The molecule has 1 heterocycles. The predicted octanol–water partition coefficient (Wildman–Crippen LogP) is 14.4. The number of hydrogen-bond donors (Lipinski definition) is 0. The molecule has 0 spiro atoms. The summed E-state index contributed by atoms with van der Waals surface area (Å²) >= 11 is 0. The lowest BCUT2D eigenvalue weighted by Crippen LogP contribution is -1.91. The highest BCUT2D eigenvalue weighted by atomic mass is 16.3. The van der Waals surface area contributed by atoms with Crippen LogP contribution in [0.15, 0.2) is 186 Å². The van der Waals surface area contributed by atoms with Crippen molar-refractivity contribution in [3.63, 3.8) is 0 Å². The molecule has 10 aromatic carbocycles. The number of hydrogen-bond acceptors (Lipinski definition) is 1. The molecular weight excluding hydrogens is 617 g/mol. The Morgan fingerprint density at radius 3 is 1.84 bits per heavy atom. The van der Waals surface area contributed by atoms with Crippen molar-refractivity contribution in [1.29, 1.82) is 0 Å². The topological polar surface area (TPSA) is 13.1 Å². The van der Waals surface area contributed by atoms with Gasteiger partial charge < -0.3 is 4.42 Å². The lowest BCUT2D eigenvalue weighted by Gasteiger charge is -2.18. The summed E-state index contributed by atoms with van der Waals surface area (Å²) < 4.78 is 141. The minimum Gasteiger partial charge on any atom is -0.456 e. The average molecular weight is 662 g/mol. The fourth-order valence-corrected chi connectivity index (χ4v) is 7.47. The fraction of sp³-hybridized carbons (Fsp3) is 0. The van der Waals surface area contributed by atoms with E-state index in [1.165, 1.54) is 0 Å². The smallest absolute Gasteiger partial charge is 0.136 e. The van der Waals surface area contributed by atoms with Crippen molar-refractivity contribution in [1.82, 2.24) is 0 Å². The van der Waals surface area contributed by atoms with Crippen LogP contribution in [-0.4, -0.2) is 0 Å². The average Bonchev–Trinajstić information content (AvgIpc) is 3.71. The van der Waals surface area contributed by atoms with Crippen molar-refractivity contribution in [2.75, 3.05) is 0 Å². The lowest BCUT2D eigenvalue weighted by molar-refractivity contribution is 0.669. The molecule has 0 radical (unpaired) electrons. The van der Waals surface area contributed by atoms with Crippen molar-refractivity contribution in [3.05, 3.63) is 182 Å². The van der Waals surface area contributed by atoms with Crippen molar-refractivity contribution < 1.29 is 25.0 Å². The summed E-state index contributed by atoms with van der Waals surface area (Å²) in [6.45, 7) is 0. The van der Waals surface area contributed by atoms with Crippen LogP contribution in [0.4, 0.5) is 0 Å². The maximum Gasteiger partial charge on any atom is 0.136 e. The van der Waals surface area contributed by atoms with Gasteiger partial charge in [-0.1, -0.05) is 151 Å². The molecule has 0 saturated heterocycles. The van der Waals surface area contributed by atoms with Crippen LogP contribution in [-0.2, 0) is 0 Å². The van der Waals surface area contributed by atoms with E-state index in [1.807, 2.05) is 66.7 Å². The van der Waals surface area contributed by atoms with Gasteiger partial charge in [0.2, 0.25) is 0 Å². The van der Waals surface area contributed by atoms with Crippen LogP contribution in [0.2, 0.25) is 0 Å². The molecule has 0 aliphatic heterocycles. The second-order valence-corrected chi connectivity index (χ2v) is 12.5. The summed E-state index contributed by atoms with van der Waals surface area (Å²) in [5.41, 5.74) is 2.69. The van der Waals surface area contributed by atoms with E-state index in [1.54, 1.807) is 12.1 Å². The number of furan rings is 1. The Labute approximate surface area is 315 Å². The van der Waals surface area contributed by atoms with Gasteiger partial charge in [-0.2, -0.15) is 0 Å². The lowest BCUT2D eigenvalue weighted by atomic mass is 9.85. The molecule has 51 heavy (non-hydrogen) atoms. The van der Waals surface area contributed by atoms with E-state index in [0.29, 0.717) is 16.5 Å². The highest BCUT2D eigenvalue weighted by molar-refractivity contribution is 6.23. The normalized spacial score (nSPS) is 16.0. The van der Waals surface area contributed by atoms with Gasteiger partial charge in [-0.15, -0.1) is 0 Å². The molecule has 0 aliphatic carbocycles. The van der Waals surface area contributed by atoms with Gasteiger partial charge in [0.1, 0.15) is 11.2 Å². The molecule has 11 rings (SSSR count). The van der Waals surface area contributed by atoms with E-state index in [4.69, 9.17) is 16.8 Å². The molecule has 0 unspecified atom stereocenters. The summed E-state index contributed by atoms with van der Waals surface area (Å²) in [5, 5.41) is 3.88. The van der Waals surface area contributed by atoms with E-state index in [2.05, 4.69) is 12.1 Å². The Morgan fingerprint density at radius 1 is 0.373 bits per heavy atom. The van der Waals surface area contributed by atoms with Crippen LogP contribution >= 0.6 is 0 Å². The Kier molecular flexibility index (Phi) is 3.70. The van der Waals surface area contributed by atoms with E-state index < -0.39 is 107 Å². The molecule has 0 fully saturated rings. The van der Waals surface area contributed by atoms with Gasteiger partial charge >= 0.3 is 0 Å². The quantitative estimate of drug-likeness (QED) is 0.172. The first kappa shape index (κ1) is 17.3. The van der Waals surface area contributed by atoms with Crippen molar-refractivity contribution in [2.45, 2.75) is 0 Å². The van der Waals surface area contributed by atoms with Crippen LogP contribution in [0.5, 0.6) is 0 Å². The zero-order valence-electron chi connectivity index (χ0n) is 41.6. The molecule has 0 aliphatic rings. The third kappa shape index (κ3) is 4.28. The van der Waals surface area contributed by atoms with Crippen LogP contribution in [0.3, 0.4) is 0 Å². The molecule has 0 saturated carbocycles. The SMILES string of the molecule is [2H]c1c([2H])c([2H])c2c([2H])c(-c3c4c([2H])c([2H])c([2H])c([2H])c4c(-c4ccc5c(-c6ccc7c(c6)oc6ccc8ccccc8c67)cccc5c4)c4c([2H])c([2H])c([2H])c([2H])c34)c([2H])c([2H])c2c1[2H]. The first-order valence-electron chi connectivity index (χ1n) is 23.9. The van der Waals surface area contributed by atoms with Gasteiger partial charge in [0.05, 0.1) is 20.6 Å². The van der Waals surface area contributed by atoms with Crippen molar-refractivity contribution in [2.24, 2.45) is 0 Å². The maximum absolute atomic E-state index is 9.47. The van der Waals surface area contributed by atoms with Crippen LogP contribution < -0.4 is 0 Å². The van der Waals surface area contributed by atoms with E-state index in [0.717, 1.165) is 43.6 Å². The minimum atomic E-state index is -0.736. The van der Waals surface area contributed by atoms with Crippen molar-refractivity contribution >= 4 is 75.8 Å². The van der Waals surface area contributed by atoms with E-state index in [-0.39, 0.29) is 32.7 Å². The van der Waals surface area contributed by atoms with E-state index in [9.17, 15) is 8.22 Å². The second kappa shape index (κ2) is 10.9. The van der Waals surface area contributed by atoms with Crippen LogP contribution in [0, 0.1) is 0 Å². The molecule has 1 heteroatoms. The maximum atomic E-state index is 9.47. The third-order valence-electron chi connectivity index (χ3n) is 9.72. The van der Waals surface area contributed by atoms with Gasteiger partial charge in [0, 0.05) is 10.8 Å². The summed E-state index contributed by atoms with van der Waals surface area (Å²) in [6.07, 6.45) is 0. The van der Waals surface area contributed by atoms with Crippen LogP contribution in [0.1, 0.15) is 20.6 Å². The highest BCUT2D eigenvalue weighted by Gasteiger charge is 2.18. The molecule has 0 amide bonds. The van der Waals surface area contributed by atoms with Gasteiger partial charge in [-0.05, 0) is 118 Å². The summed E-state index contributed by atoms with van der Waals surface area (Å²) in [7, 11) is 0. The molecule has 0 bridgehead atoms. The van der Waals surface area contributed by atoms with Crippen LogP contribution in [0.25, 0.3) is 109 Å². The number of benzene rings is 10. The molecule has 1 aromatic heterocycles. The largest absolute Gasteiger partial charge is 0.456 e. The standard InChI is InChI=1S/C50H30O/c1-2-12-33-28-36(21-20-31(33)10-1)48-41-15-5-7-17-43(41)49(44-18-8-6-16-42(44)48)37-23-25-39-34(29-37)13-9-19-38(39)35-22-26-45-47(30-35)51-46-27-24-32-11-3-4-14-40(32)50(45)46/h1-30H/i1D,2D,5D,6D,7D,8D,10D,12D,15D,16D,17D,18D,20D,21D,28D. The minimum absolute atomic E-state index is 0.0397. The summed E-state index contributed by atoms with van der Waals surface area (Å²) in [6, 6.07) is 19.2. The zero-order chi connectivity index (χ0) is 46.5. The van der Waals surface area contributed by atoms with Gasteiger partial charge in [0.25, 0.3) is 0 Å². The van der Waals surface area contributed by atoms with Gasteiger partial charge in [-0.3, -0.25) is 0 Å². The molecule has 0 atom stereocenters. The number of rotatable bonds is 3. The molecule has 236 valence electrons. The molecular formula is C50H30O. The molecule has 11 aromatic rings. The first-order chi connectivity index (χ1) is 31.5. The number of fused-ring (bicyclic) bond motifs is 9. The Balaban J connectivity index is 1.24. The van der Waals surface area contributed by atoms with E-state index >= 15 is 0 Å².